The molecule has 0 aliphatic heterocycles. The van der Waals surface area contributed by atoms with Crippen LogP contribution in [0.15, 0.2) is 48.5 Å². The number of carbonyl (C=O) groups is 1. The zero-order valence-corrected chi connectivity index (χ0v) is 17.8. The summed E-state index contributed by atoms with van der Waals surface area (Å²) in [5.74, 6) is 0. The average molecular weight is 401 g/mol. The van der Waals surface area contributed by atoms with Crippen molar-refractivity contribution in [2.45, 2.75) is 39.5 Å². The third-order valence-corrected chi connectivity index (χ3v) is 5.69. The van der Waals surface area contributed by atoms with Gasteiger partial charge in [-0.2, -0.15) is 0 Å². The van der Waals surface area contributed by atoms with Crippen molar-refractivity contribution < 1.29 is 9.53 Å². The van der Waals surface area contributed by atoms with Crippen LogP contribution in [0.1, 0.15) is 46.5 Å². The Morgan fingerprint density at radius 3 is 2.60 bits per heavy atom. The topological polar surface area (TPSA) is 64.3 Å². The van der Waals surface area contributed by atoms with E-state index in [9.17, 15) is 4.79 Å². The molecule has 3 N–H and O–H groups in total. The molecule has 0 radical (unpaired) electrons. The number of anilines is 1. The van der Waals surface area contributed by atoms with Gasteiger partial charge in [0.1, 0.15) is 0 Å². The van der Waals surface area contributed by atoms with Crippen LogP contribution in [0.3, 0.4) is 0 Å². The van der Waals surface area contributed by atoms with Gasteiger partial charge < -0.3 is 15.8 Å². The molecule has 3 aromatic carbocycles. The monoisotopic (exact) mass is 400 g/mol. The fraction of sp³-hybridized carbons (Fsp3) is 0.269. The van der Waals surface area contributed by atoms with Crippen LogP contribution in [0.5, 0.6) is 0 Å². The molecular weight excluding hydrogens is 372 g/mol. The fourth-order valence-electron chi connectivity index (χ4n) is 4.31. The molecule has 0 bridgehead atoms. The average Bonchev–Trinajstić information content (AvgIpc) is 3.11. The molecule has 0 saturated heterocycles. The van der Waals surface area contributed by atoms with Crippen LogP contribution in [0, 0.1) is 0 Å². The van der Waals surface area contributed by atoms with Crippen molar-refractivity contribution in [2.75, 3.05) is 12.8 Å². The van der Waals surface area contributed by atoms with Crippen molar-refractivity contribution in [3.05, 3.63) is 76.3 Å². The highest BCUT2D eigenvalue weighted by molar-refractivity contribution is 5.98. The van der Waals surface area contributed by atoms with Crippen LogP contribution in [0.25, 0.3) is 22.3 Å². The van der Waals surface area contributed by atoms with E-state index in [0.29, 0.717) is 18.8 Å². The van der Waals surface area contributed by atoms with Crippen molar-refractivity contribution in [3.63, 3.8) is 0 Å². The number of hydrogen-bond acceptors (Lipinski definition) is 4. The summed E-state index contributed by atoms with van der Waals surface area (Å²) in [7, 11) is 1.90. The molecule has 0 saturated carbocycles. The van der Waals surface area contributed by atoms with E-state index in [1.165, 1.54) is 11.1 Å². The zero-order chi connectivity index (χ0) is 21.3. The molecule has 4 rings (SSSR count). The predicted octanol–water partition coefficient (Wildman–Crippen LogP) is 4.96. The van der Waals surface area contributed by atoms with Crippen molar-refractivity contribution in [1.82, 2.24) is 5.32 Å². The van der Waals surface area contributed by atoms with Gasteiger partial charge in [-0.1, -0.05) is 30.3 Å². The highest BCUT2D eigenvalue weighted by atomic mass is 16.5. The second-order valence-corrected chi connectivity index (χ2v) is 8.11. The van der Waals surface area contributed by atoms with E-state index in [1.807, 2.05) is 39.1 Å². The first-order valence-electron chi connectivity index (χ1n) is 10.4. The standard InChI is InChI=1S/C26H28N2O2/c1-16(2)30-15-17-8-9-25(27)22(10-17)21-12-19-11-18-6-4-5-7-20(18)26(19)24(14-29)23(21)13-28-3/h4-10,12,14,16,28H,11,13,15,27H2,1-3H3. The van der Waals surface area contributed by atoms with Gasteiger partial charge in [-0.15, -0.1) is 0 Å². The Kier molecular flexibility index (Phi) is 5.71. The van der Waals surface area contributed by atoms with Crippen molar-refractivity contribution in [2.24, 2.45) is 0 Å². The van der Waals surface area contributed by atoms with Crippen molar-refractivity contribution >= 4 is 12.0 Å². The second-order valence-electron chi connectivity index (χ2n) is 8.11. The van der Waals surface area contributed by atoms with E-state index >= 15 is 0 Å². The second kappa shape index (κ2) is 8.42. The van der Waals surface area contributed by atoms with E-state index < -0.39 is 0 Å². The van der Waals surface area contributed by atoms with Gasteiger partial charge in [-0.25, -0.2) is 0 Å². The van der Waals surface area contributed by atoms with Gasteiger partial charge in [0.2, 0.25) is 0 Å². The molecule has 0 amide bonds. The number of benzene rings is 3. The van der Waals surface area contributed by atoms with Gasteiger partial charge in [-0.05, 0) is 84.5 Å². The van der Waals surface area contributed by atoms with Crippen LogP contribution in [-0.4, -0.2) is 19.4 Å². The molecule has 0 spiro atoms. The number of ether oxygens (including phenoxy) is 1. The summed E-state index contributed by atoms with van der Waals surface area (Å²) in [6.07, 6.45) is 1.99. The van der Waals surface area contributed by atoms with E-state index in [-0.39, 0.29) is 6.10 Å². The Bertz CT molecular complexity index is 1100. The number of nitrogens with one attached hydrogen (secondary N) is 1. The Labute approximate surface area is 178 Å². The molecule has 154 valence electrons. The SMILES string of the molecule is CNCc1c(-c2cc(COC(C)C)ccc2N)cc2c(c1C=O)-c1ccccc1C2. The minimum absolute atomic E-state index is 0.158. The molecule has 30 heavy (non-hydrogen) atoms. The van der Waals surface area contributed by atoms with Gasteiger partial charge in [0.25, 0.3) is 0 Å². The predicted molar refractivity (Wildman–Crippen MR) is 123 cm³/mol. The lowest BCUT2D eigenvalue weighted by Crippen LogP contribution is -2.11. The minimum Gasteiger partial charge on any atom is -0.398 e. The smallest absolute Gasteiger partial charge is 0.151 e. The first-order chi connectivity index (χ1) is 14.5. The van der Waals surface area contributed by atoms with Gasteiger partial charge in [0.15, 0.2) is 6.29 Å². The maximum absolute atomic E-state index is 12.3. The molecule has 0 atom stereocenters. The van der Waals surface area contributed by atoms with Gasteiger partial charge >= 0.3 is 0 Å². The number of aldehydes is 1. The minimum atomic E-state index is 0.158. The number of hydrogen-bond donors (Lipinski definition) is 2. The van der Waals surface area contributed by atoms with E-state index in [0.717, 1.165) is 51.7 Å². The Morgan fingerprint density at radius 2 is 1.87 bits per heavy atom. The van der Waals surface area contributed by atoms with Crippen molar-refractivity contribution in [3.8, 4) is 22.3 Å². The molecule has 0 heterocycles. The van der Waals surface area contributed by atoms with E-state index in [4.69, 9.17) is 10.5 Å². The largest absolute Gasteiger partial charge is 0.398 e. The number of fused-ring (bicyclic) bond motifs is 3. The quantitative estimate of drug-likeness (QED) is 0.340. The molecule has 4 heteroatoms. The normalized spacial score (nSPS) is 12.1. The summed E-state index contributed by atoms with van der Waals surface area (Å²) < 4.78 is 5.79. The molecule has 1 aliphatic rings. The van der Waals surface area contributed by atoms with Gasteiger partial charge in [-0.3, -0.25) is 4.79 Å². The molecule has 4 nitrogen and oxygen atoms in total. The van der Waals surface area contributed by atoms with Crippen LogP contribution in [0.2, 0.25) is 0 Å². The molecule has 1 aliphatic carbocycles. The number of nitrogens with two attached hydrogens (primary N) is 1. The summed E-state index contributed by atoms with van der Waals surface area (Å²) in [5.41, 5.74) is 16.5. The zero-order valence-electron chi connectivity index (χ0n) is 17.8. The van der Waals surface area contributed by atoms with Gasteiger partial charge in [0.05, 0.1) is 12.7 Å². The lowest BCUT2D eigenvalue weighted by atomic mass is 9.87. The first kappa shape index (κ1) is 20.3. The summed E-state index contributed by atoms with van der Waals surface area (Å²) in [5, 5.41) is 3.23. The summed E-state index contributed by atoms with van der Waals surface area (Å²) in [6.45, 7) is 5.17. The first-order valence-corrected chi connectivity index (χ1v) is 10.4. The van der Waals surface area contributed by atoms with Crippen LogP contribution in [0.4, 0.5) is 5.69 Å². The number of nitrogen functional groups attached to an aromatic ring is 1. The Balaban J connectivity index is 1.91. The molecule has 3 aromatic rings. The van der Waals surface area contributed by atoms with Crippen molar-refractivity contribution in [1.29, 1.82) is 0 Å². The van der Waals surface area contributed by atoms with Crippen LogP contribution in [-0.2, 0) is 24.3 Å². The Hall–Kier alpha value is -2.95. The highest BCUT2D eigenvalue weighted by Gasteiger charge is 2.26. The molecule has 0 aromatic heterocycles. The maximum atomic E-state index is 12.3. The van der Waals surface area contributed by atoms with Crippen LogP contribution >= 0.6 is 0 Å². The third kappa shape index (κ3) is 3.64. The van der Waals surface area contributed by atoms with E-state index in [1.54, 1.807) is 0 Å². The van der Waals surface area contributed by atoms with Crippen LogP contribution < -0.4 is 11.1 Å². The molecule has 0 fully saturated rings. The molecule has 0 unspecified atom stereocenters. The summed E-state index contributed by atoms with van der Waals surface area (Å²) >= 11 is 0. The third-order valence-electron chi connectivity index (χ3n) is 5.69. The van der Waals surface area contributed by atoms with Gasteiger partial charge in [0, 0.05) is 23.4 Å². The molecular formula is C26H28N2O2. The number of rotatable bonds is 7. The lowest BCUT2D eigenvalue weighted by Gasteiger charge is -2.19. The number of carbonyl (C=O) groups excluding carboxylic acids is 1. The maximum Gasteiger partial charge on any atom is 0.151 e. The fourth-order valence-corrected chi connectivity index (χ4v) is 4.31. The summed E-state index contributed by atoms with van der Waals surface area (Å²) in [6, 6.07) is 16.6. The Morgan fingerprint density at radius 1 is 1.07 bits per heavy atom. The lowest BCUT2D eigenvalue weighted by molar-refractivity contribution is 0.0657. The summed E-state index contributed by atoms with van der Waals surface area (Å²) in [4.78, 5) is 12.3. The highest BCUT2D eigenvalue weighted by Crippen LogP contribution is 2.44. The van der Waals surface area contributed by atoms with E-state index in [2.05, 4.69) is 35.6 Å².